The van der Waals surface area contributed by atoms with Crippen LogP contribution in [-0.2, 0) is 6.54 Å². The monoisotopic (exact) mass is 283 g/mol. The average Bonchev–Trinajstić information content (AvgIpc) is 2.46. The molecule has 108 valence electrons. The van der Waals surface area contributed by atoms with E-state index in [9.17, 15) is 4.39 Å². The Bertz CT molecular complexity index is 674. The highest BCUT2D eigenvalue weighted by Crippen LogP contribution is 2.26. The first kappa shape index (κ1) is 14.9. The quantitative estimate of drug-likeness (QED) is 0.871. The van der Waals surface area contributed by atoms with Crippen molar-refractivity contribution in [3.05, 3.63) is 59.4 Å². The molecule has 3 nitrogen and oxygen atoms in total. The Hall–Kier alpha value is -2.54. The number of halogens is 1. The third-order valence-corrected chi connectivity index (χ3v) is 3.41. The van der Waals surface area contributed by atoms with E-state index in [2.05, 4.69) is 0 Å². The van der Waals surface area contributed by atoms with E-state index in [1.54, 1.807) is 12.1 Å². The molecule has 0 amide bonds. The summed E-state index contributed by atoms with van der Waals surface area (Å²) in [5.74, 6) is -0.391. The lowest BCUT2D eigenvalue weighted by Gasteiger charge is -2.30. The zero-order valence-corrected chi connectivity index (χ0v) is 12.2. The summed E-state index contributed by atoms with van der Waals surface area (Å²) in [5, 5.41) is 8.83. The van der Waals surface area contributed by atoms with Crippen LogP contribution in [0.5, 0.6) is 0 Å². The van der Waals surface area contributed by atoms with Gasteiger partial charge in [0.2, 0.25) is 0 Å². The zero-order chi connectivity index (χ0) is 15.4. The SMILES string of the molecule is CC(C)N(Cc1ccccc1N)c1ccc(C#N)cc1F. The lowest BCUT2D eigenvalue weighted by Crippen LogP contribution is -2.31. The second-order valence-electron chi connectivity index (χ2n) is 5.20. The van der Waals surface area contributed by atoms with E-state index < -0.39 is 5.82 Å². The fourth-order valence-electron chi connectivity index (χ4n) is 2.22. The number of nitrogens with zero attached hydrogens (tertiary/aromatic N) is 2. The average molecular weight is 283 g/mol. The largest absolute Gasteiger partial charge is 0.398 e. The Balaban J connectivity index is 2.36. The Kier molecular flexibility index (Phi) is 4.44. The van der Waals surface area contributed by atoms with E-state index in [0.29, 0.717) is 23.5 Å². The molecule has 0 saturated heterocycles. The van der Waals surface area contributed by atoms with Crippen molar-refractivity contribution in [3.8, 4) is 6.07 Å². The number of nitrogens with two attached hydrogens (primary N) is 1. The molecule has 0 saturated carbocycles. The Morgan fingerprint density at radius 1 is 1.24 bits per heavy atom. The van der Waals surface area contributed by atoms with Gasteiger partial charge in [0.05, 0.1) is 17.3 Å². The molecule has 2 aromatic carbocycles. The molecule has 2 rings (SSSR count). The Morgan fingerprint density at radius 3 is 2.52 bits per heavy atom. The fraction of sp³-hybridized carbons (Fsp3) is 0.235. The molecule has 0 aromatic heterocycles. The Labute approximate surface area is 124 Å². The van der Waals surface area contributed by atoms with Gasteiger partial charge in [-0.05, 0) is 43.7 Å². The maximum Gasteiger partial charge on any atom is 0.147 e. The summed E-state index contributed by atoms with van der Waals surface area (Å²) in [6.45, 7) is 4.51. The van der Waals surface area contributed by atoms with Crippen LogP contribution in [0.3, 0.4) is 0 Å². The highest BCUT2D eigenvalue weighted by Gasteiger charge is 2.16. The highest BCUT2D eigenvalue weighted by molar-refractivity contribution is 5.55. The van der Waals surface area contributed by atoms with E-state index in [1.165, 1.54) is 6.07 Å². The second-order valence-corrected chi connectivity index (χ2v) is 5.20. The number of hydrogen-bond donors (Lipinski definition) is 1. The molecular formula is C17H18FN3. The molecule has 2 aromatic rings. The second kappa shape index (κ2) is 6.27. The van der Waals surface area contributed by atoms with Crippen LogP contribution in [0, 0.1) is 17.1 Å². The Morgan fingerprint density at radius 2 is 1.95 bits per heavy atom. The van der Waals surface area contributed by atoms with E-state index >= 15 is 0 Å². The molecular weight excluding hydrogens is 265 g/mol. The third kappa shape index (κ3) is 3.32. The number of benzene rings is 2. The zero-order valence-electron chi connectivity index (χ0n) is 12.2. The maximum atomic E-state index is 14.2. The number of para-hydroxylation sites is 1. The molecule has 0 unspecified atom stereocenters. The van der Waals surface area contributed by atoms with Gasteiger partial charge in [-0.15, -0.1) is 0 Å². The molecule has 2 N–H and O–H groups in total. The predicted molar refractivity (Wildman–Crippen MR) is 83.3 cm³/mol. The van der Waals surface area contributed by atoms with Gasteiger partial charge in [-0.2, -0.15) is 5.26 Å². The summed E-state index contributed by atoms with van der Waals surface area (Å²) in [6, 6.07) is 14.1. The van der Waals surface area contributed by atoms with Crippen LogP contribution >= 0.6 is 0 Å². The molecule has 0 atom stereocenters. The maximum absolute atomic E-state index is 14.2. The van der Waals surface area contributed by atoms with Crippen LogP contribution in [0.15, 0.2) is 42.5 Å². The molecule has 0 heterocycles. The van der Waals surface area contributed by atoms with Crippen molar-refractivity contribution >= 4 is 11.4 Å². The van der Waals surface area contributed by atoms with Crippen molar-refractivity contribution < 1.29 is 4.39 Å². The molecule has 0 spiro atoms. The first-order valence-electron chi connectivity index (χ1n) is 6.82. The van der Waals surface area contributed by atoms with Crippen molar-refractivity contribution in [2.24, 2.45) is 0 Å². The van der Waals surface area contributed by atoms with Gasteiger partial charge >= 0.3 is 0 Å². The molecule has 0 aliphatic carbocycles. The molecule has 0 bridgehead atoms. The van der Waals surface area contributed by atoms with Gasteiger partial charge in [0, 0.05) is 18.3 Å². The number of anilines is 2. The number of nitrogen functional groups attached to an aromatic ring is 1. The van der Waals surface area contributed by atoms with Gasteiger partial charge < -0.3 is 10.6 Å². The van der Waals surface area contributed by atoms with Gasteiger partial charge in [0.25, 0.3) is 0 Å². The minimum absolute atomic E-state index is 0.104. The number of hydrogen-bond acceptors (Lipinski definition) is 3. The molecule has 0 radical (unpaired) electrons. The van der Waals surface area contributed by atoms with Gasteiger partial charge in [0.1, 0.15) is 5.82 Å². The fourth-order valence-corrected chi connectivity index (χ4v) is 2.22. The third-order valence-electron chi connectivity index (χ3n) is 3.41. The normalized spacial score (nSPS) is 10.4. The first-order valence-corrected chi connectivity index (χ1v) is 6.82. The summed E-state index contributed by atoms with van der Waals surface area (Å²) in [6.07, 6.45) is 0. The summed E-state index contributed by atoms with van der Waals surface area (Å²) in [5.41, 5.74) is 8.41. The van der Waals surface area contributed by atoms with Crippen LogP contribution in [0.1, 0.15) is 25.0 Å². The lowest BCUT2D eigenvalue weighted by atomic mass is 10.1. The smallest absolute Gasteiger partial charge is 0.147 e. The van der Waals surface area contributed by atoms with Gasteiger partial charge in [-0.3, -0.25) is 0 Å². The molecule has 0 fully saturated rings. The van der Waals surface area contributed by atoms with Crippen LogP contribution in [0.25, 0.3) is 0 Å². The van der Waals surface area contributed by atoms with Gasteiger partial charge in [-0.1, -0.05) is 18.2 Å². The minimum atomic E-state index is -0.391. The summed E-state index contributed by atoms with van der Waals surface area (Å²) in [7, 11) is 0. The molecule has 0 aliphatic heterocycles. The first-order chi connectivity index (χ1) is 10.0. The van der Waals surface area contributed by atoms with Crippen molar-refractivity contribution in [3.63, 3.8) is 0 Å². The standard InChI is InChI=1S/C17H18FN3/c1-12(2)21(11-14-5-3-4-6-16(14)20)17-8-7-13(10-19)9-15(17)18/h3-9,12H,11,20H2,1-2H3. The van der Waals surface area contributed by atoms with Crippen LogP contribution in [0.4, 0.5) is 15.8 Å². The van der Waals surface area contributed by atoms with Gasteiger partial charge in [-0.25, -0.2) is 4.39 Å². The molecule has 4 heteroatoms. The van der Waals surface area contributed by atoms with Crippen LogP contribution in [0.2, 0.25) is 0 Å². The highest BCUT2D eigenvalue weighted by atomic mass is 19.1. The minimum Gasteiger partial charge on any atom is -0.398 e. The van der Waals surface area contributed by atoms with Crippen LogP contribution < -0.4 is 10.6 Å². The topological polar surface area (TPSA) is 53.0 Å². The van der Waals surface area contributed by atoms with Crippen molar-refractivity contribution in [1.29, 1.82) is 5.26 Å². The molecule has 0 aliphatic rings. The predicted octanol–water partition coefficient (Wildman–Crippen LogP) is 3.69. The van der Waals surface area contributed by atoms with Crippen molar-refractivity contribution in [2.75, 3.05) is 10.6 Å². The van der Waals surface area contributed by atoms with Crippen molar-refractivity contribution in [1.82, 2.24) is 0 Å². The van der Waals surface area contributed by atoms with E-state index in [-0.39, 0.29) is 6.04 Å². The summed E-state index contributed by atoms with van der Waals surface area (Å²) >= 11 is 0. The van der Waals surface area contributed by atoms with Crippen molar-refractivity contribution in [2.45, 2.75) is 26.4 Å². The summed E-state index contributed by atoms with van der Waals surface area (Å²) in [4.78, 5) is 1.93. The lowest BCUT2D eigenvalue weighted by molar-refractivity contribution is 0.598. The van der Waals surface area contributed by atoms with Gasteiger partial charge in [0.15, 0.2) is 0 Å². The van der Waals surface area contributed by atoms with E-state index in [0.717, 1.165) is 5.56 Å². The number of nitriles is 1. The number of rotatable bonds is 4. The van der Waals surface area contributed by atoms with E-state index in [4.69, 9.17) is 11.0 Å². The van der Waals surface area contributed by atoms with Crippen LogP contribution in [-0.4, -0.2) is 6.04 Å². The summed E-state index contributed by atoms with van der Waals surface area (Å²) < 4.78 is 14.2. The van der Waals surface area contributed by atoms with E-state index in [1.807, 2.05) is 49.1 Å². The molecule has 21 heavy (non-hydrogen) atoms.